The van der Waals surface area contributed by atoms with E-state index in [1.165, 1.54) is 23.9 Å². The van der Waals surface area contributed by atoms with Gasteiger partial charge in [-0.25, -0.2) is 4.39 Å². The smallest absolute Gasteiger partial charge is 0.230 e. The number of furan rings is 1. The Bertz CT molecular complexity index is 862. The van der Waals surface area contributed by atoms with Crippen LogP contribution in [0.25, 0.3) is 0 Å². The SMILES string of the molecule is O=C(CSC1NC(=O)C2CN(Cc3ccc(F)cc3)CCC2N1)NCc1ccco1. The van der Waals surface area contributed by atoms with Gasteiger partial charge >= 0.3 is 0 Å². The fraction of sp³-hybridized carbons (Fsp3) is 0.429. The summed E-state index contributed by atoms with van der Waals surface area (Å²) in [6, 6.07) is 10.2. The molecule has 2 aliphatic heterocycles. The molecule has 7 nitrogen and oxygen atoms in total. The molecule has 0 bridgehead atoms. The van der Waals surface area contributed by atoms with Gasteiger partial charge in [-0.2, -0.15) is 0 Å². The topological polar surface area (TPSA) is 86.6 Å². The molecule has 1 aromatic carbocycles. The second-order valence-electron chi connectivity index (χ2n) is 7.59. The van der Waals surface area contributed by atoms with Crippen LogP contribution in [0.3, 0.4) is 0 Å². The molecule has 0 spiro atoms. The van der Waals surface area contributed by atoms with Gasteiger partial charge in [0, 0.05) is 25.7 Å². The number of nitrogens with one attached hydrogen (secondary N) is 3. The van der Waals surface area contributed by atoms with Crippen LogP contribution in [0.15, 0.2) is 47.1 Å². The van der Waals surface area contributed by atoms with E-state index in [2.05, 4.69) is 20.9 Å². The van der Waals surface area contributed by atoms with E-state index < -0.39 is 0 Å². The first-order valence-electron chi connectivity index (χ1n) is 10.0. The summed E-state index contributed by atoms with van der Waals surface area (Å²) in [7, 11) is 0. The first kappa shape index (κ1) is 20.9. The molecule has 2 saturated heterocycles. The van der Waals surface area contributed by atoms with Crippen molar-refractivity contribution in [1.29, 1.82) is 0 Å². The van der Waals surface area contributed by atoms with Crippen LogP contribution in [-0.4, -0.2) is 47.1 Å². The molecule has 2 amide bonds. The molecule has 0 aliphatic carbocycles. The standard InChI is InChI=1S/C21H25FN4O3S/c22-15-5-3-14(4-6-15)11-26-8-7-18-17(12-26)20(28)25-21(24-18)30-13-19(27)23-10-16-2-1-9-29-16/h1-6,9,17-18,21,24H,7-8,10-13H2,(H,23,27)(H,25,28). The Morgan fingerprint density at radius 1 is 1.30 bits per heavy atom. The van der Waals surface area contributed by atoms with E-state index >= 15 is 0 Å². The van der Waals surface area contributed by atoms with E-state index in [4.69, 9.17) is 4.42 Å². The van der Waals surface area contributed by atoms with Crippen LogP contribution >= 0.6 is 11.8 Å². The minimum atomic E-state index is -0.281. The number of piperidine rings is 1. The second kappa shape index (κ2) is 9.63. The van der Waals surface area contributed by atoms with E-state index in [1.807, 2.05) is 0 Å². The number of hydrogen-bond donors (Lipinski definition) is 3. The second-order valence-corrected chi connectivity index (χ2v) is 8.68. The summed E-state index contributed by atoms with van der Waals surface area (Å²) in [5.41, 5.74) is 0.754. The van der Waals surface area contributed by atoms with Crippen molar-refractivity contribution in [3.8, 4) is 0 Å². The van der Waals surface area contributed by atoms with E-state index in [9.17, 15) is 14.0 Å². The number of nitrogens with zero attached hydrogens (tertiary/aromatic N) is 1. The van der Waals surface area contributed by atoms with Gasteiger partial charge in [0.1, 0.15) is 17.1 Å². The first-order chi connectivity index (χ1) is 14.6. The zero-order chi connectivity index (χ0) is 20.9. The Kier molecular flexibility index (Phi) is 6.71. The van der Waals surface area contributed by atoms with E-state index in [-0.39, 0.29) is 40.8 Å². The highest BCUT2D eigenvalue weighted by Gasteiger charge is 2.39. The number of hydrogen-bond acceptors (Lipinski definition) is 6. The minimum absolute atomic E-state index is 0.0102. The van der Waals surface area contributed by atoms with Gasteiger partial charge in [0.25, 0.3) is 0 Å². The Morgan fingerprint density at radius 3 is 2.90 bits per heavy atom. The summed E-state index contributed by atoms with van der Waals surface area (Å²) >= 11 is 1.37. The maximum absolute atomic E-state index is 13.1. The fourth-order valence-electron chi connectivity index (χ4n) is 3.85. The lowest BCUT2D eigenvalue weighted by Crippen LogP contribution is -2.64. The Balaban J connectivity index is 1.22. The lowest BCUT2D eigenvalue weighted by atomic mass is 9.89. The Morgan fingerprint density at radius 2 is 2.13 bits per heavy atom. The fourth-order valence-corrected chi connectivity index (χ4v) is 4.74. The third-order valence-electron chi connectivity index (χ3n) is 5.41. The summed E-state index contributed by atoms with van der Waals surface area (Å²) in [5.74, 6) is 0.468. The number of amides is 2. The predicted octanol–water partition coefficient (Wildman–Crippen LogP) is 1.66. The number of likely N-dealkylation sites (tertiary alicyclic amines) is 1. The minimum Gasteiger partial charge on any atom is -0.467 e. The van der Waals surface area contributed by atoms with Crippen molar-refractivity contribution in [3.05, 3.63) is 59.8 Å². The molecule has 160 valence electrons. The molecule has 30 heavy (non-hydrogen) atoms. The number of halogens is 1. The zero-order valence-corrected chi connectivity index (χ0v) is 17.3. The van der Waals surface area contributed by atoms with Crippen LogP contribution in [0.2, 0.25) is 0 Å². The third-order valence-corrected chi connectivity index (χ3v) is 6.43. The molecule has 3 unspecified atom stereocenters. The maximum atomic E-state index is 13.1. The number of benzene rings is 1. The number of thioether (sulfide) groups is 1. The van der Waals surface area contributed by atoms with Crippen LogP contribution in [-0.2, 0) is 22.7 Å². The molecule has 0 radical (unpaired) electrons. The lowest BCUT2D eigenvalue weighted by molar-refractivity contribution is -0.130. The van der Waals surface area contributed by atoms with Crippen LogP contribution in [0, 0.1) is 11.7 Å². The van der Waals surface area contributed by atoms with E-state index in [0.29, 0.717) is 25.4 Å². The van der Waals surface area contributed by atoms with Gasteiger partial charge in [0.05, 0.1) is 24.5 Å². The molecule has 0 saturated carbocycles. The van der Waals surface area contributed by atoms with Gasteiger partial charge in [0.15, 0.2) is 0 Å². The van der Waals surface area contributed by atoms with Crippen LogP contribution in [0.4, 0.5) is 4.39 Å². The Hall–Kier alpha value is -2.36. The largest absolute Gasteiger partial charge is 0.467 e. The molecule has 4 rings (SSSR count). The molecular weight excluding hydrogens is 407 g/mol. The summed E-state index contributed by atoms with van der Waals surface area (Å²) in [5, 5.41) is 9.23. The predicted molar refractivity (Wildman–Crippen MR) is 112 cm³/mol. The molecule has 1 aromatic heterocycles. The normalized spacial score (nSPS) is 24.2. The molecule has 2 aromatic rings. The molecule has 9 heteroatoms. The van der Waals surface area contributed by atoms with E-state index in [0.717, 1.165) is 18.5 Å². The van der Waals surface area contributed by atoms with Crippen molar-refractivity contribution >= 4 is 23.6 Å². The van der Waals surface area contributed by atoms with Crippen molar-refractivity contribution in [3.63, 3.8) is 0 Å². The van der Waals surface area contributed by atoms with Gasteiger partial charge in [-0.15, -0.1) is 11.8 Å². The summed E-state index contributed by atoms with van der Waals surface area (Å²) in [4.78, 5) is 26.9. The molecule has 3 N–H and O–H groups in total. The highest BCUT2D eigenvalue weighted by Crippen LogP contribution is 2.25. The van der Waals surface area contributed by atoms with Crippen molar-refractivity contribution in [1.82, 2.24) is 20.9 Å². The quantitative estimate of drug-likeness (QED) is 0.617. The number of fused-ring (bicyclic) bond motifs is 1. The first-order valence-corrected chi connectivity index (χ1v) is 11.1. The summed E-state index contributed by atoms with van der Waals surface area (Å²) in [6.07, 6.45) is 2.42. The van der Waals surface area contributed by atoms with Gasteiger partial charge in [-0.1, -0.05) is 12.1 Å². The number of rotatable bonds is 7. The summed E-state index contributed by atoms with van der Waals surface area (Å²) < 4.78 is 18.3. The third kappa shape index (κ3) is 5.41. The number of carbonyl (C=O) groups is 2. The Labute approximate surface area is 178 Å². The molecule has 2 aliphatic rings. The van der Waals surface area contributed by atoms with Crippen molar-refractivity contribution < 1.29 is 18.4 Å². The van der Waals surface area contributed by atoms with Crippen LogP contribution in [0.1, 0.15) is 17.7 Å². The van der Waals surface area contributed by atoms with Crippen LogP contribution < -0.4 is 16.0 Å². The monoisotopic (exact) mass is 432 g/mol. The highest BCUT2D eigenvalue weighted by molar-refractivity contribution is 8.00. The van der Waals surface area contributed by atoms with Gasteiger partial charge < -0.3 is 15.1 Å². The van der Waals surface area contributed by atoms with Gasteiger partial charge in [-0.05, 0) is 36.2 Å². The van der Waals surface area contributed by atoms with Crippen molar-refractivity contribution in [2.24, 2.45) is 5.92 Å². The maximum Gasteiger partial charge on any atom is 0.230 e. The zero-order valence-electron chi connectivity index (χ0n) is 16.5. The average molecular weight is 433 g/mol. The molecule has 3 atom stereocenters. The van der Waals surface area contributed by atoms with Gasteiger partial charge in [0.2, 0.25) is 11.8 Å². The van der Waals surface area contributed by atoms with Crippen molar-refractivity contribution in [2.75, 3.05) is 18.8 Å². The molecule has 3 heterocycles. The average Bonchev–Trinajstić information content (AvgIpc) is 3.26. The lowest BCUT2D eigenvalue weighted by Gasteiger charge is -2.43. The van der Waals surface area contributed by atoms with Crippen molar-refractivity contribution in [2.45, 2.75) is 31.0 Å². The van der Waals surface area contributed by atoms with Gasteiger partial charge in [-0.3, -0.25) is 19.8 Å². The van der Waals surface area contributed by atoms with E-state index in [1.54, 1.807) is 30.5 Å². The van der Waals surface area contributed by atoms with Crippen LogP contribution in [0.5, 0.6) is 0 Å². The number of carbonyl (C=O) groups excluding carboxylic acids is 2. The molecular formula is C21H25FN4O3S. The highest BCUT2D eigenvalue weighted by atomic mass is 32.2. The molecule has 2 fully saturated rings. The summed E-state index contributed by atoms with van der Waals surface area (Å²) in [6.45, 7) is 2.57.